The molecule has 132 valence electrons. The third-order valence-corrected chi connectivity index (χ3v) is 4.08. The van der Waals surface area contributed by atoms with Gasteiger partial charge in [0.2, 0.25) is 6.10 Å². The molecule has 2 aliphatic rings. The summed E-state index contributed by atoms with van der Waals surface area (Å²) in [5.74, 6) is 3.05. The number of fused-ring (bicyclic) bond motifs is 1. The fourth-order valence-electron chi connectivity index (χ4n) is 2.81. The zero-order chi connectivity index (χ0) is 18.2. The lowest BCUT2D eigenvalue weighted by molar-refractivity contribution is -0.125. The minimum atomic E-state index is -0.753. The van der Waals surface area contributed by atoms with Crippen LogP contribution in [-0.2, 0) is 4.79 Å². The molecule has 2 N–H and O–H groups in total. The van der Waals surface area contributed by atoms with Gasteiger partial charge in [0.15, 0.2) is 0 Å². The van der Waals surface area contributed by atoms with Crippen LogP contribution in [0.5, 0.6) is 5.75 Å². The highest BCUT2D eigenvalue weighted by Crippen LogP contribution is 2.27. The van der Waals surface area contributed by atoms with E-state index in [9.17, 15) is 4.79 Å². The van der Waals surface area contributed by atoms with Crippen molar-refractivity contribution in [3.63, 3.8) is 0 Å². The summed E-state index contributed by atoms with van der Waals surface area (Å²) in [4.78, 5) is 12.6. The fourth-order valence-corrected chi connectivity index (χ4v) is 2.81. The molecule has 1 aromatic rings. The Hall–Kier alpha value is -3.19. The third kappa shape index (κ3) is 4.46. The van der Waals surface area contributed by atoms with Crippen LogP contribution in [0.1, 0.15) is 25.3 Å². The number of carbonyl (C=O) groups is 1. The highest BCUT2D eigenvalue weighted by Gasteiger charge is 2.23. The lowest BCUT2D eigenvalue weighted by atomic mass is 10.0. The van der Waals surface area contributed by atoms with Crippen molar-refractivity contribution in [1.29, 1.82) is 0 Å². The van der Waals surface area contributed by atoms with Crippen LogP contribution in [0.2, 0.25) is 0 Å². The lowest BCUT2D eigenvalue weighted by Crippen LogP contribution is -2.37. The maximum absolute atomic E-state index is 12.6. The number of hydrogen-bond donors (Lipinski definition) is 2. The van der Waals surface area contributed by atoms with Crippen molar-refractivity contribution in [3.05, 3.63) is 65.8 Å². The molecule has 1 aliphatic heterocycles. The summed E-state index contributed by atoms with van der Waals surface area (Å²) < 4.78 is 6.09. The van der Waals surface area contributed by atoms with Gasteiger partial charge in [0.05, 0.1) is 0 Å². The smallest absolute Gasteiger partial charge is 0.277 e. The molecule has 1 atom stereocenters. The average Bonchev–Trinajstić information content (AvgIpc) is 2.64. The van der Waals surface area contributed by atoms with E-state index in [1.165, 1.54) is 0 Å². The van der Waals surface area contributed by atoms with Crippen molar-refractivity contribution in [2.75, 3.05) is 11.9 Å². The quantitative estimate of drug-likeness (QED) is 0.495. The molecular weight excluding hydrogens is 324 g/mol. The van der Waals surface area contributed by atoms with E-state index in [4.69, 9.17) is 4.74 Å². The van der Waals surface area contributed by atoms with Gasteiger partial charge in [-0.05, 0) is 43.5 Å². The van der Waals surface area contributed by atoms with Crippen molar-refractivity contribution in [3.8, 4) is 17.7 Å². The molecule has 1 unspecified atom stereocenters. The van der Waals surface area contributed by atoms with Gasteiger partial charge < -0.3 is 10.1 Å². The van der Waals surface area contributed by atoms with Gasteiger partial charge in [-0.15, -0.1) is 0 Å². The highest BCUT2D eigenvalue weighted by molar-refractivity contribution is 5.86. The Morgan fingerprint density at radius 3 is 2.96 bits per heavy atom. The van der Waals surface area contributed by atoms with E-state index >= 15 is 0 Å². The van der Waals surface area contributed by atoms with Gasteiger partial charge in [0.1, 0.15) is 5.75 Å². The second-order valence-electron chi connectivity index (χ2n) is 5.94. The Balaban J connectivity index is 1.87. The Morgan fingerprint density at radius 2 is 2.08 bits per heavy atom. The van der Waals surface area contributed by atoms with Crippen LogP contribution in [0.3, 0.4) is 0 Å². The Labute approximate surface area is 154 Å². The maximum atomic E-state index is 12.6. The molecule has 4 heteroatoms. The maximum Gasteiger partial charge on any atom is 0.277 e. The van der Waals surface area contributed by atoms with E-state index in [0.717, 1.165) is 36.2 Å². The molecular formula is C22H22N2O2. The molecule has 1 aromatic carbocycles. The van der Waals surface area contributed by atoms with Crippen LogP contribution in [0, 0.1) is 12.0 Å². The summed E-state index contributed by atoms with van der Waals surface area (Å²) in [5.41, 5.74) is 2.94. The van der Waals surface area contributed by atoms with Crippen molar-refractivity contribution in [2.24, 2.45) is 0 Å². The molecule has 0 spiro atoms. The number of benzene rings is 1. The van der Waals surface area contributed by atoms with Gasteiger partial charge in [-0.1, -0.05) is 48.5 Å². The van der Waals surface area contributed by atoms with Crippen molar-refractivity contribution >= 4 is 17.7 Å². The van der Waals surface area contributed by atoms with Gasteiger partial charge in [-0.3, -0.25) is 10.1 Å². The summed E-state index contributed by atoms with van der Waals surface area (Å²) in [6, 6.07) is 8.41. The number of hydrogen-bond acceptors (Lipinski definition) is 3. The number of amides is 1. The van der Waals surface area contributed by atoms with E-state index in [1.54, 1.807) is 6.92 Å². The largest absolute Gasteiger partial charge is 0.476 e. The second kappa shape index (κ2) is 8.77. The standard InChI is InChI=1S/C22H22N2O2/c1-2-14-24-22(25)21(17-9-6-4-3-5-7-10-17)26-19-12-13-20-18(16-19)11-8-15-23-20/h3-4,7-13,16,21,23H,5-6,15H2,1H3,(H,24,25)/b4-3-,10-7?,17-9?. The normalized spacial score (nSPS) is 17.2. The number of nitrogens with one attached hydrogen (secondary N) is 2. The molecule has 0 fully saturated rings. The zero-order valence-corrected chi connectivity index (χ0v) is 14.8. The van der Waals surface area contributed by atoms with Crippen LogP contribution in [0.4, 0.5) is 5.69 Å². The summed E-state index contributed by atoms with van der Waals surface area (Å²) >= 11 is 0. The van der Waals surface area contributed by atoms with E-state index in [-0.39, 0.29) is 5.91 Å². The number of ether oxygens (including phenoxy) is 1. The molecule has 3 rings (SSSR count). The van der Waals surface area contributed by atoms with Crippen molar-refractivity contribution < 1.29 is 9.53 Å². The first kappa shape index (κ1) is 17.6. The zero-order valence-electron chi connectivity index (χ0n) is 14.8. The summed E-state index contributed by atoms with van der Waals surface area (Å²) in [7, 11) is 0. The number of carbonyl (C=O) groups excluding carboxylic acids is 1. The fraction of sp³-hybridized carbons (Fsp3) is 0.227. The average molecular weight is 346 g/mol. The van der Waals surface area contributed by atoms with E-state index in [2.05, 4.69) is 46.9 Å². The molecule has 0 aromatic heterocycles. The predicted molar refractivity (Wildman–Crippen MR) is 106 cm³/mol. The predicted octanol–water partition coefficient (Wildman–Crippen LogP) is 3.80. The Kier molecular flexibility index (Phi) is 5.95. The second-order valence-corrected chi connectivity index (χ2v) is 5.94. The van der Waals surface area contributed by atoms with Crippen molar-refractivity contribution in [2.45, 2.75) is 25.9 Å². The molecule has 1 amide bonds. The molecule has 1 heterocycles. The first-order valence-electron chi connectivity index (χ1n) is 8.72. The molecule has 0 radical (unpaired) electrons. The van der Waals surface area contributed by atoms with Gasteiger partial charge in [-0.2, -0.15) is 0 Å². The first-order chi connectivity index (χ1) is 12.8. The van der Waals surface area contributed by atoms with Gasteiger partial charge in [0.25, 0.3) is 5.91 Å². The summed E-state index contributed by atoms with van der Waals surface area (Å²) in [5, 5.41) is 5.91. The molecule has 26 heavy (non-hydrogen) atoms. The topological polar surface area (TPSA) is 50.4 Å². The van der Waals surface area contributed by atoms with E-state index in [1.807, 2.05) is 36.4 Å². The lowest BCUT2D eigenvalue weighted by Gasteiger charge is -2.21. The van der Waals surface area contributed by atoms with Crippen LogP contribution < -0.4 is 15.4 Å². The minimum absolute atomic E-state index is 0.272. The molecule has 0 saturated heterocycles. The SMILES string of the molecule is CC#CNC(=O)C(Oc1ccc2c(c1)C=CCN2)C1=CC/C=C\CC=C1. The van der Waals surface area contributed by atoms with Gasteiger partial charge in [-0.25, -0.2) is 0 Å². The number of allylic oxidation sites excluding steroid dienone is 4. The Morgan fingerprint density at radius 1 is 1.19 bits per heavy atom. The van der Waals surface area contributed by atoms with E-state index in [0.29, 0.717) is 5.75 Å². The van der Waals surface area contributed by atoms with Crippen LogP contribution in [0.25, 0.3) is 6.08 Å². The summed E-state index contributed by atoms with van der Waals surface area (Å²) in [6.07, 6.45) is 15.1. The number of rotatable bonds is 4. The van der Waals surface area contributed by atoms with E-state index < -0.39 is 6.10 Å². The highest BCUT2D eigenvalue weighted by atomic mass is 16.5. The van der Waals surface area contributed by atoms with Crippen molar-refractivity contribution in [1.82, 2.24) is 5.32 Å². The Bertz CT molecular complexity index is 851. The summed E-state index contributed by atoms with van der Waals surface area (Å²) in [6.45, 7) is 2.50. The van der Waals surface area contributed by atoms with Gasteiger partial charge in [0, 0.05) is 23.8 Å². The molecule has 0 bridgehead atoms. The van der Waals surface area contributed by atoms with Crippen LogP contribution >= 0.6 is 0 Å². The molecule has 1 aliphatic carbocycles. The van der Waals surface area contributed by atoms with Crippen LogP contribution in [0.15, 0.2) is 60.2 Å². The monoisotopic (exact) mass is 346 g/mol. The molecule has 0 saturated carbocycles. The minimum Gasteiger partial charge on any atom is -0.476 e. The van der Waals surface area contributed by atoms with Crippen LogP contribution in [-0.4, -0.2) is 18.6 Å². The van der Waals surface area contributed by atoms with Gasteiger partial charge >= 0.3 is 0 Å². The molecule has 4 nitrogen and oxygen atoms in total. The number of anilines is 1. The first-order valence-corrected chi connectivity index (χ1v) is 8.72. The third-order valence-electron chi connectivity index (χ3n) is 4.08.